The lowest BCUT2D eigenvalue weighted by Gasteiger charge is -2.11. The molecule has 0 aliphatic heterocycles. The molecule has 204 valence electrons. The first-order valence-corrected chi connectivity index (χ1v) is 14.1. The highest BCUT2D eigenvalue weighted by Crippen LogP contribution is 2.14. The summed E-state index contributed by atoms with van der Waals surface area (Å²) in [5, 5.41) is 7.48. The van der Waals surface area contributed by atoms with Crippen LogP contribution >= 0.6 is 11.6 Å². The highest BCUT2D eigenvalue weighted by molar-refractivity contribution is 6.31. The van der Waals surface area contributed by atoms with Crippen molar-refractivity contribution in [3.8, 4) is 12.8 Å². The van der Waals surface area contributed by atoms with Gasteiger partial charge in [-0.15, -0.1) is 12.8 Å². The SMILES string of the molecule is C#C.C/C=C(Cl)\C(=C/CCCNCC)NCc1ccc(CC)cn1.CC.CC.CCCC(C)CC. The zero-order chi connectivity index (χ0) is 27.9. The van der Waals surface area contributed by atoms with E-state index in [1.54, 1.807) is 0 Å². The number of hydrogen-bond acceptors (Lipinski definition) is 3. The van der Waals surface area contributed by atoms with Crippen LogP contribution in [0.15, 0.2) is 41.2 Å². The molecule has 0 spiro atoms. The maximum atomic E-state index is 6.28. The minimum atomic E-state index is 0.688. The average Bonchev–Trinajstić information content (AvgIpc) is 2.93. The number of terminal acetylenes is 1. The Hall–Kier alpha value is -1.76. The first-order valence-electron chi connectivity index (χ1n) is 13.8. The summed E-state index contributed by atoms with van der Waals surface area (Å²) in [5.41, 5.74) is 3.27. The second kappa shape index (κ2) is 34.4. The molecule has 0 aliphatic rings. The van der Waals surface area contributed by atoms with Gasteiger partial charge in [0.1, 0.15) is 0 Å². The predicted octanol–water partition coefficient (Wildman–Crippen LogP) is 9.28. The van der Waals surface area contributed by atoms with Gasteiger partial charge in [0.2, 0.25) is 0 Å². The Balaban J connectivity index is -0.000000310. The van der Waals surface area contributed by atoms with Gasteiger partial charge in [-0.2, -0.15) is 0 Å². The topological polar surface area (TPSA) is 37.0 Å². The minimum Gasteiger partial charge on any atom is -0.378 e. The van der Waals surface area contributed by atoms with E-state index in [1.807, 2.05) is 46.9 Å². The van der Waals surface area contributed by atoms with Crippen molar-refractivity contribution in [2.45, 2.75) is 114 Å². The van der Waals surface area contributed by atoms with Crippen molar-refractivity contribution in [2.24, 2.45) is 5.92 Å². The standard InChI is InChI=1S/C18H28ClN3.C7H16.2C2H6.C2H2/c1-4-15-10-11-16(21-13-15)14-22-18(17(19)5-2)9-7-8-12-20-6-3;1-4-6-7(3)5-2;3*1-2/h5,9-11,13,20,22H,4,6-8,12,14H2,1-3H3;7H,4-6H2,1-3H3;2*1-2H3;1-2H/b17-5+,18-9+;;;;. The number of nitrogens with one attached hydrogen (secondary N) is 2. The molecule has 1 unspecified atom stereocenters. The quantitative estimate of drug-likeness (QED) is 0.158. The zero-order valence-corrected chi connectivity index (χ0v) is 25.6. The lowest BCUT2D eigenvalue weighted by atomic mass is 10.0. The van der Waals surface area contributed by atoms with Crippen LogP contribution in [0.4, 0.5) is 0 Å². The second-order valence-electron chi connectivity index (χ2n) is 7.42. The summed E-state index contributed by atoms with van der Waals surface area (Å²) in [6, 6.07) is 4.19. The Labute approximate surface area is 225 Å². The van der Waals surface area contributed by atoms with Crippen molar-refractivity contribution < 1.29 is 0 Å². The van der Waals surface area contributed by atoms with Crippen molar-refractivity contribution in [3.63, 3.8) is 0 Å². The van der Waals surface area contributed by atoms with Gasteiger partial charge < -0.3 is 10.6 Å². The molecule has 35 heavy (non-hydrogen) atoms. The van der Waals surface area contributed by atoms with Gasteiger partial charge in [-0.05, 0) is 56.8 Å². The summed E-state index contributed by atoms with van der Waals surface area (Å²) in [7, 11) is 0. The van der Waals surface area contributed by atoms with E-state index in [0.717, 1.165) is 54.7 Å². The van der Waals surface area contributed by atoms with Crippen LogP contribution in [-0.2, 0) is 13.0 Å². The van der Waals surface area contributed by atoms with Crippen molar-refractivity contribution in [1.82, 2.24) is 15.6 Å². The third kappa shape index (κ3) is 26.7. The van der Waals surface area contributed by atoms with E-state index < -0.39 is 0 Å². The highest BCUT2D eigenvalue weighted by atomic mass is 35.5. The lowest BCUT2D eigenvalue weighted by molar-refractivity contribution is 0.509. The molecule has 4 heteroatoms. The molecule has 0 aliphatic carbocycles. The van der Waals surface area contributed by atoms with Crippen LogP contribution in [0.5, 0.6) is 0 Å². The van der Waals surface area contributed by atoms with Gasteiger partial charge in [0, 0.05) is 11.9 Å². The number of rotatable bonds is 13. The zero-order valence-electron chi connectivity index (χ0n) is 24.8. The van der Waals surface area contributed by atoms with Crippen LogP contribution in [0.2, 0.25) is 0 Å². The van der Waals surface area contributed by atoms with Gasteiger partial charge in [-0.3, -0.25) is 4.98 Å². The Morgan fingerprint density at radius 3 is 2.11 bits per heavy atom. The highest BCUT2D eigenvalue weighted by Gasteiger charge is 2.02. The molecule has 0 aromatic carbocycles. The number of aryl methyl sites for hydroxylation is 1. The van der Waals surface area contributed by atoms with Crippen LogP contribution < -0.4 is 10.6 Å². The maximum Gasteiger partial charge on any atom is 0.0594 e. The number of nitrogens with zero attached hydrogens (tertiary/aromatic N) is 1. The Kier molecular flexibility index (Phi) is 39.7. The smallest absolute Gasteiger partial charge is 0.0594 e. The Bertz CT molecular complexity index is 603. The van der Waals surface area contributed by atoms with Crippen LogP contribution in [0.3, 0.4) is 0 Å². The summed E-state index contributed by atoms with van der Waals surface area (Å²) < 4.78 is 0. The van der Waals surface area contributed by atoms with Crippen LogP contribution in [0.1, 0.15) is 113 Å². The van der Waals surface area contributed by atoms with Crippen LogP contribution in [0.25, 0.3) is 0 Å². The Morgan fingerprint density at radius 1 is 1.09 bits per heavy atom. The number of hydrogen-bond donors (Lipinski definition) is 2. The molecule has 0 fully saturated rings. The minimum absolute atomic E-state index is 0.688. The molecule has 1 atom stereocenters. The molecule has 1 aromatic heterocycles. The van der Waals surface area contributed by atoms with Crippen LogP contribution in [0, 0.1) is 18.8 Å². The molecule has 0 saturated carbocycles. The number of aromatic nitrogens is 1. The summed E-state index contributed by atoms with van der Waals surface area (Å²) in [5.74, 6) is 0.949. The van der Waals surface area contributed by atoms with E-state index in [0.29, 0.717) is 6.54 Å². The number of halogens is 1. The Morgan fingerprint density at radius 2 is 1.71 bits per heavy atom. The first kappa shape index (κ1) is 40.4. The molecule has 1 heterocycles. The lowest BCUT2D eigenvalue weighted by Crippen LogP contribution is -2.15. The van der Waals surface area contributed by atoms with Crippen molar-refractivity contribution >= 4 is 11.6 Å². The normalized spacial score (nSPS) is 11.1. The van der Waals surface area contributed by atoms with Crippen molar-refractivity contribution in [1.29, 1.82) is 0 Å². The van der Waals surface area contributed by atoms with E-state index in [1.165, 1.54) is 24.8 Å². The van der Waals surface area contributed by atoms with Gasteiger partial charge in [-0.1, -0.05) is 111 Å². The molecule has 0 radical (unpaired) electrons. The molecule has 0 saturated heterocycles. The van der Waals surface area contributed by atoms with Gasteiger partial charge in [0.15, 0.2) is 0 Å². The predicted molar refractivity (Wildman–Crippen MR) is 163 cm³/mol. The van der Waals surface area contributed by atoms with Gasteiger partial charge in [0.25, 0.3) is 0 Å². The van der Waals surface area contributed by atoms with E-state index >= 15 is 0 Å². The number of pyridine rings is 1. The van der Waals surface area contributed by atoms with E-state index in [2.05, 4.69) is 81.3 Å². The van der Waals surface area contributed by atoms with E-state index in [4.69, 9.17) is 11.6 Å². The molecule has 3 nitrogen and oxygen atoms in total. The van der Waals surface area contributed by atoms with Crippen LogP contribution in [-0.4, -0.2) is 18.1 Å². The second-order valence-corrected chi connectivity index (χ2v) is 7.82. The van der Waals surface area contributed by atoms with Gasteiger partial charge >= 0.3 is 0 Å². The monoisotopic (exact) mass is 507 g/mol. The largest absolute Gasteiger partial charge is 0.378 e. The molecular formula is C31H58ClN3. The van der Waals surface area contributed by atoms with E-state index in [-0.39, 0.29) is 0 Å². The fourth-order valence-corrected chi connectivity index (χ4v) is 2.86. The fourth-order valence-electron chi connectivity index (χ4n) is 2.71. The first-order chi connectivity index (χ1) is 17.0. The third-order valence-corrected chi connectivity index (χ3v) is 5.32. The summed E-state index contributed by atoms with van der Waals surface area (Å²) in [6.07, 6.45) is 21.2. The number of allylic oxidation sites excluding steroid dienone is 3. The summed E-state index contributed by atoms with van der Waals surface area (Å²) in [6.45, 7) is 23.7. The molecule has 2 N–H and O–H groups in total. The summed E-state index contributed by atoms with van der Waals surface area (Å²) in [4.78, 5) is 4.47. The summed E-state index contributed by atoms with van der Waals surface area (Å²) >= 11 is 6.28. The molecule has 1 aromatic rings. The number of unbranched alkanes of at least 4 members (excludes halogenated alkanes) is 1. The molecule has 1 rings (SSSR count). The maximum absolute atomic E-state index is 6.28. The fraction of sp³-hybridized carbons (Fsp3) is 0.645. The van der Waals surface area contributed by atoms with Gasteiger partial charge in [0.05, 0.1) is 17.3 Å². The average molecular weight is 508 g/mol. The molecule has 0 bridgehead atoms. The van der Waals surface area contributed by atoms with Crippen molar-refractivity contribution in [3.05, 3.63) is 52.5 Å². The van der Waals surface area contributed by atoms with Crippen molar-refractivity contribution in [2.75, 3.05) is 13.1 Å². The van der Waals surface area contributed by atoms with E-state index in [9.17, 15) is 0 Å². The molecular weight excluding hydrogens is 450 g/mol. The molecule has 0 amide bonds. The third-order valence-electron chi connectivity index (χ3n) is 4.90. The van der Waals surface area contributed by atoms with Gasteiger partial charge in [-0.25, -0.2) is 0 Å².